The van der Waals surface area contributed by atoms with Gasteiger partial charge >= 0.3 is 0 Å². The number of carbonyl (C=O) groups is 1. The maximum Gasteiger partial charge on any atom is 0.257 e. The number of nitrogens with one attached hydrogen (secondary N) is 1. The first-order valence-electron chi connectivity index (χ1n) is 7.30. The molecule has 0 atom stereocenters. The summed E-state index contributed by atoms with van der Waals surface area (Å²) in [5.41, 5.74) is 5.21. The summed E-state index contributed by atoms with van der Waals surface area (Å²) >= 11 is 0. The SMILES string of the molecule is Cc1cccc(NC(=O)c2c(C)nc3ccccc3c2C)c1.Cl. The quantitative estimate of drug-likeness (QED) is 0.732. The predicted molar refractivity (Wildman–Crippen MR) is 97.6 cm³/mol. The van der Waals surface area contributed by atoms with Gasteiger partial charge in [-0.2, -0.15) is 0 Å². The lowest BCUT2D eigenvalue weighted by Gasteiger charge is -2.13. The number of amides is 1. The van der Waals surface area contributed by atoms with Gasteiger partial charge < -0.3 is 5.32 Å². The van der Waals surface area contributed by atoms with Crippen molar-refractivity contribution < 1.29 is 4.79 Å². The van der Waals surface area contributed by atoms with Crippen molar-refractivity contribution in [2.24, 2.45) is 0 Å². The molecule has 0 saturated heterocycles. The van der Waals surface area contributed by atoms with E-state index in [1.165, 1.54) is 0 Å². The number of carbonyl (C=O) groups excluding carboxylic acids is 1. The molecule has 0 spiro atoms. The van der Waals surface area contributed by atoms with Crippen molar-refractivity contribution in [3.8, 4) is 0 Å². The van der Waals surface area contributed by atoms with Gasteiger partial charge in [-0.3, -0.25) is 9.78 Å². The van der Waals surface area contributed by atoms with E-state index in [1.54, 1.807) is 0 Å². The lowest BCUT2D eigenvalue weighted by molar-refractivity contribution is 0.102. The summed E-state index contributed by atoms with van der Waals surface area (Å²) in [5, 5.41) is 3.98. The summed E-state index contributed by atoms with van der Waals surface area (Å²) in [6, 6.07) is 15.7. The monoisotopic (exact) mass is 326 g/mol. The minimum atomic E-state index is -0.112. The molecule has 1 aromatic heterocycles. The summed E-state index contributed by atoms with van der Waals surface area (Å²) in [6.45, 7) is 5.86. The molecule has 3 rings (SSSR count). The topological polar surface area (TPSA) is 42.0 Å². The van der Waals surface area contributed by atoms with Gasteiger partial charge in [-0.15, -0.1) is 12.4 Å². The molecule has 0 aliphatic carbocycles. The molecule has 118 valence electrons. The molecule has 2 aromatic carbocycles. The van der Waals surface area contributed by atoms with Crippen LogP contribution in [0.2, 0.25) is 0 Å². The molecule has 3 aromatic rings. The van der Waals surface area contributed by atoms with E-state index in [0.717, 1.165) is 33.4 Å². The number of rotatable bonds is 2. The normalized spacial score (nSPS) is 10.2. The van der Waals surface area contributed by atoms with Crippen LogP contribution in [0.1, 0.15) is 27.2 Å². The number of hydrogen-bond donors (Lipinski definition) is 1. The molecule has 1 N–H and O–H groups in total. The van der Waals surface area contributed by atoms with Crippen LogP contribution in [-0.4, -0.2) is 10.9 Å². The van der Waals surface area contributed by atoms with Gasteiger partial charge in [-0.1, -0.05) is 30.3 Å². The van der Waals surface area contributed by atoms with Crippen LogP contribution in [0.5, 0.6) is 0 Å². The van der Waals surface area contributed by atoms with Gasteiger partial charge in [0.25, 0.3) is 5.91 Å². The summed E-state index contributed by atoms with van der Waals surface area (Å²) in [5.74, 6) is -0.112. The highest BCUT2D eigenvalue weighted by atomic mass is 35.5. The molecule has 4 heteroatoms. The second kappa shape index (κ2) is 6.80. The van der Waals surface area contributed by atoms with Gasteiger partial charge in [0.05, 0.1) is 16.8 Å². The standard InChI is InChI=1S/C19H18N2O.ClH/c1-12-7-6-8-15(11-12)21-19(22)18-13(2)16-9-4-5-10-17(16)20-14(18)3;/h4-11H,1-3H3,(H,21,22);1H. The molecule has 0 saturated carbocycles. The lowest BCUT2D eigenvalue weighted by atomic mass is 10.0. The van der Waals surface area contributed by atoms with Crippen molar-refractivity contribution in [2.45, 2.75) is 20.8 Å². The van der Waals surface area contributed by atoms with Crippen molar-refractivity contribution in [1.82, 2.24) is 4.98 Å². The van der Waals surface area contributed by atoms with E-state index in [9.17, 15) is 4.79 Å². The molecule has 0 bridgehead atoms. The van der Waals surface area contributed by atoms with E-state index in [2.05, 4.69) is 10.3 Å². The van der Waals surface area contributed by atoms with E-state index in [-0.39, 0.29) is 18.3 Å². The van der Waals surface area contributed by atoms with Crippen LogP contribution < -0.4 is 5.32 Å². The second-order valence-corrected chi connectivity index (χ2v) is 5.54. The molecule has 0 unspecified atom stereocenters. The minimum Gasteiger partial charge on any atom is -0.322 e. The Balaban J connectivity index is 0.00000192. The largest absolute Gasteiger partial charge is 0.322 e. The van der Waals surface area contributed by atoms with Crippen LogP contribution in [0.3, 0.4) is 0 Å². The highest BCUT2D eigenvalue weighted by Crippen LogP contribution is 2.23. The van der Waals surface area contributed by atoms with Crippen molar-refractivity contribution in [1.29, 1.82) is 0 Å². The number of nitrogens with zero attached hydrogens (tertiary/aromatic N) is 1. The molecule has 0 aliphatic rings. The Hall–Kier alpha value is -2.39. The molecular weight excluding hydrogens is 308 g/mol. The van der Waals surface area contributed by atoms with E-state index in [1.807, 2.05) is 69.3 Å². The highest BCUT2D eigenvalue weighted by Gasteiger charge is 2.16. The molecule has 0 radical (unpaired) electrons. The first kappa shape index (κ1) is 17.0. The smallest absolute Gasteiger partial charge is 0.257 e. The zero-order chi connectivity index (χ0) is 15.7. The number of aromatic nitrogens is 1. The Morgan fingerprint density at radius 3 is 2.48 bits per heavy atom. The summed E-state index contributed by atoms with van der Waals surface area (Å²) < 4.78 is 0. The Kier molecular flexibility index (Phi) is 5.02. The van der Waals surface area contributed by atoms with Crippen LogP contribution >= 0.6 is 12.4 Å². The van der Waals surface area contributed by atoms with Crippen LogP contribution in [0, 0.1) is 20.8 Å². The third-order valence-electron chi connectivity index (χ3n) is 3.84. The second-order valence-electron chi connectivity index (χ2n) is 5.54. The molecular formula is C19H19ClN2O. The van der Waals surface area contributed by atoms with Crippen LogP contribution in [0.15, 0.2) is 48.5 Å². The average molecular weight is 327 g/mol. The fourth-order valence-corrected chi connectivity index (χ4v) is 2.78. The fourth-order valence-electron chi connectivity index (χ4n) is 2.78. The molecule has 3 nitrogen and oxygen atoms in total. The Labute approximate surface area is 142 Å². The Bertz CT molecular complexity index is 874. The number of hydrogen-bond acceptors (Lipinski definition) is 2. The number of anilines is 1. The first-order valence-corrected chi connectivity index (χ1v) is 7.30. The lowest BCUT2D eigenvalue weighted by Crippen LogP contribution is -2.16. The number of pyridine rings is 1. The van der Waals surface area contributed by atoms with Gasteiger partial charge in [-0.05, 0) is 50.1 Å². The minimum absolute atomic E-state index is 0. The van der Waals surface area contributed by atoms with Gasteiger partial charge in [0.2, 0.25) is 0 Å². The van der Waals surface area contributed by atoms with E-state index in [0.29, 0.717) is 5.56 Å². The van der Waals surface area contributed by atoms with E-state index >= 15 is 0 Å². The number of benzene rings is 2. The van der Waals surface area contributed by atoms with Crippen molar-refractivity contribution in [3.05, 3.63) is 70.9 Å². The maximum absolute atomic E-state index is 12.7. The van der Waals surface area contributed by atoms with Gasteiger partial charge in [0.1, 0.15) is 0 Å². The summed E-state index contributed by atoms with van der Waals surface area (Å²) in [7, 11) is 0. The number of para-hydroxylation sites is 1. The van der Waals surface area contributed by atoms with Gasteiger partial charge in [0.15, 0.2) is 0 Å². The van der Waals surface area contributed by atoms with Crippen LogP contribution in [0.25, 0.3) is 10.9 Å². The average Bonchev–Trinajstić information content (AvgIpc) is 2.47. The van der Waals surface area contributed by atoms with E-state index < -0.39 is 0 Å². The first-order chi connectivity index (χ1) is 10.6. The number of halogens is 1. The Morgan fingerprint density at radius 1 is 1.00 bits per heavy atom. The van der Waals surface area contributed by atoms with Crippen LogP contribution in [0.4, 0.5) is 5.69 Å². The summed E-state index contributed by atoms with van der Waals surface area (Å²) in [6.07, 6.45) is 0. The van der Waals surface area contributed by atoms with Gasteiger partial charge in [0, 0.05) is 11.1 Å². The van der Waals surface area contributed by atoms with Gasteiger partial charge in [-0.25, -0.2) is 0 Å². The van der Waals surface area contributed by atoms with Crippen molar-refractivity contribution >= 4 is 34.9 Å². The Morgan fingerprint density at radius 2 is 1.74 bits per heavy atom. The fraction of sp³-hybridized carbons (Fsp3) is 0.158. The highest BCUT2D eigenvalue weighted by molar-refractivity contribution is 6.08. The zero-order valence-electron chi connectivity index (χ0n) is 13.4. The number of aryl methyl sites for hydroxylation is 3. The predicted octanol–water partition coefficient (Wildman–Crippen LogP) is 4.83. The maximum atomic E-state index is 12.7. The van der Waals surface area contributed by atoms with E-state index in [4.69, 9.17) is 0 Å². The molecule has 1 amide bonds. The van der Waals surface area contributed by atoms with Crippen LogP contribution in [-0.2, 0) is 0 Å². The third-order valence-corrected chi connectivity index (χ3v) is 3.84. The molecule has 23 heavy (non-hydrogen) atoms. The molecule has 1 heterocycles. The van der Waals surface area contributed by atoms with Crippen molar-refractivity contribution in [2.75, 3.05) is 5.32 Å². The zero-order valence-corrected chi connectivity index (χ0v) is 14.2. The summed E-state index contributed by atoms with van der Waals surface area (Å²) in [4.78, 5) is 17.2. The van der Waals surface area contributed by atoms with Crippen molar-refractivity contribution in [3.63, 3.8) is 0 Å². The third kappa shape index (κ3) is 3.35. The molecule has 0 aliphatic heterocycles. The number of fused-ring (bicyclic) bond motifs is 1. The molecule has 0 fully saturated rings.